The number of hydrogen-bond donors (Lipinski definition) is 1. The first-order valence-corrected chi connectivity index (χ1v) is 7.46. The molecule has 2 fully saturated rings. The molecule has 0 saturated carbocycles. The molecule has 0 aromatic heterocycles. The zero-order valence-electron chi connectivity index (χ0n) is 12.2. The average Bonchev–Trinajstić information content (AvgIpc) is 2.70. The first-order valence-electron chi connectivity index (χ1n) is 7.46. The van der Waals surface area contributed by atoms with Crippen LogP contribution in [-0.2, 0) is 4.74 Å². The second kappa shape index (κ2) is 6.10. The number of piperazine rings is 1. The summed E-state index contributed by atoms with van der Waals surface area (Å²) in [4.78, 5) is 2.45. The number of nitrogens with one attached hydrogen (secondary N) is 1. The van der Waals surface area contributed by atoms with E-state index >= 15 is 0 Å². The van der Waals surface area contributed by atoms with Crippen molar-refractivity contribution in [2.24, 2.45) is 0 Å². The molecule has 1 N–H and O–H groups in total. The minimum Gasteiger partial charge on any atom is -0.372 e. The molecule has 1 aromatic rings. The molecule has 2 aliphatic rings. The van der Waals surface area contributed by atoms with Crippen molar-refractivity contribution in [3.8, 4) is 6.07 Å². The van der Waals surface area contributed by atoms with Crippen LogP contribution in [0.1, 0.15) is 29.2 Å². The van der Waals surface area contributed by atoms with Crippen molar-refractivity contribution >= 4 is 0 Å². The van der Waals surface area contributed by atoms with Crippen molar-refractivity contribution in [1.82, 2.24) is 10.2 Å². The van der Waals surface area contributed by atoms with Crippen LogP contribution in [0.4, 0.5) is 4.39 Å². The van der Waals surface area contributed by atoms with Gasteiger partial charge < -0.3 is 10.1 Å². The largest absolute Gasteiger partial charge is 0.372 e. The van der Waals surface area contributed by atoms with Gasteiger partial charge >= 0.3 is 0 Å². The first kappa shape index (κ1) is 14.5. The van der Waals surface area contributed by atoms with Gasteiger partial charge in [-0.3, -0.25) is 4.90 Å². The van der Waals surface area contributed by atoms with E-state index in [0.29, 0.717) is 18.2 Å². The van der Waals surface area contributed by atoms with E-state index in [1.807, 2.05) is 6.07 Å². The molecule has 4 nitrogen and oxygen atoms in total. The van der Waals surface area contributed by atoms with E-state index in [9.17, 15) is 4.39 Å². The monoisotopic (exact) mass is 289 g/mol. The van der Waals surface area contributed by atoms with Crippen LogP contribution in [0.3, 0.4) is 0 Å². The third-order valence-corrected chi connectivity index (χ3v) is 4.56. The highest BCUT2D eigenvalue weighted by molar-refractivity contribution is 5.44. The molecule has 0 bridgehead atoms. The van der Waals surface area contributed by atoms with E-state index < -0.39 is 5.82 Å². The molecule has 0 radical (unpaired) electrons. The molecule has 0 aliphatic carbocycles. The molecule has 0 spiro atoms. The highest BCUT2D eigenvalue weighted by Gasteiger charge is 2.30. The summed E-state index contributed by atoms with van der Waals surface area (Å²) in [6.45, 7) is 6.32. The third-order valence-electron chi connectivity index (χ3n) is 4.56. The second-order valence-electron chi connectivity index (χ2n) is 5.75. The van der Waals surface area contributed by atoms with Gasteiger partial charge in [-0.05, 0) is 30.5 Å². The van der Waals surface area contributed by atoms with Crippen molar-refractivity contribution in [2.45, 2.75) is 25.5 Å². The maximum absolute atomic E-state index is 13.7. The lowest BCUT2D eigenvalue weighted by atomic mass is 9.97. The number of benzene rings is 1. The fraction of sp³-hybridized carbons (Fsp3) is 0.562. The van der Waals surface area contributed by atoms with E-state index in [0.717, 1.165) is 38.2 Å². The normalized spacial score (nSPS) is 26.7. The molecule has 112 valence electrons. The van der Waals surface area contributed by atoms with Crippen molar-refractivity contribution in [3.05, 3.63) is 34.6 Å². The summed E-state index contributed by atoms with van der Waals surface area (Å²) in [5.41, 5.74) is 1.78. The van der Waals surface area contributed by atoms with Gasteiger partial charge in [0.2, 0.25) is 0 Å². The molecule has 2 saturated heterocycles. The van der Waals surface area contributed by atoms with Gasteiger partial charge in [-0.15, -0.1) is 0 Å². The number of ether oxygens (including phenoxy) is 1. The maximum atomic E-state index is 13.7. The van der Waals surface area contributed by atoms with Gasteiger partial charge in [0.25, 0.3) is 0 Å². The van der Waals surface area contributed by atoms with Gasteiger partial charge in [-0.2, -0.15) is 5.26 Å². The molecule has 21 heavy (non-hydrogen) atoms. The third kappa shape index (κ3) is 2.80. The molecule has 2 atom stereocenters. The number of halogens is 1. The van der Waals surface area contributed by atoms with Crippen molar-refractivity contribution in [1.29, 1.82) is 5.26 Å². The Morgan fingerprint density at radius 3 is 3.14 bits per heavy atom. The average molecular weight is 289 g/mol. The fourth-order valence-corrected chi connectivity index (χ4v) is 3.31. The number of fused-ring (bicyclic) bond motifs is 1. The molecule has 2 aliphatic heterocycles. The van der Waals surface area contributed by atoms with Gasteiger partial charge in [-0.25, -0.2) is 4.39 Å². The Hall–Kier alpha value is -1.48. The SMILES string of the molecule is Cc1c([C@@H]2CN3CCNC[C@H]3CCO2)ccc(F)c1C#N. The Morgan fingerprint density at radius 2 is 2.33 bits per heavy atom. The molecule has 2 heterocycles. The first-order chi connectivity index (χ1) is 10.2. The minimum atomic E-state index is -0.451. The number of nitriles is 1. The van der Waals surface area contributed by atoms with Crippen LogP contribution in [0, 0.1) is 24.1 Å². The van der Waals surface area contributed by atoms with Gasteiger partial charge in [0.15, 0.2) is 0 Å². The highest BCUT2D eigenvalue weighted by atomic mass is 19.1. The van der Waals surface area contributed by atoms with E-state index in [1.54, 1.807) is 13.0 Å². The molecular formula is C16H20FN3O. The fourth-order valence-electron chi connectivity index (χ4n) is 3.31. The second-order valence-corrected chi connectivity index (χ2v) is 5.75. The summed E-state index contributed by atoms with van der Waals surface area (Å²) >= 11 is 0. The maximum Gasteiger partial charge on any atom is 0.141 e. The Labute approximate surface area is 124 Å². The Balaban J connectivity index is 1.88. The molecule has 0 amide bonds. The minimum absolute atomic E-state index is 0.0826. The van der Waals surface area contributed by atoms with Crippen LogP contribution in [0.25, 0.3) is 0 Å². The van der Waals surface area contributed by atoms with E-state index in [2.05, 4.69) is 10.2 Å². The van der Waals surface area contributed by atoms with Gasteiger partial charge in [0.1, 0.15) is 11.9 Å². The lowest BCUT2D eigenvalue weighted by Gasteiger charge is -2.35. The number of nitrogens with zero attached hydrogens (tertiary/aromatic N) is 2. The standard InChI is InChI=1S/C16H20FN3O/c1-11-13(2-3-15(17)14(11)8-18)16-10-20-6-5-19-9-12(20)4-7-21-16/h2-3,12,16,19H,4-7,9-10H2,1H3/t12-,16+/m1/s1. The van der Waals surface area contributed by atoms with Gasteiger partial charge in [0, 0.05) is 38.8 Å². The van der Waals surface area contributed by atoms with Crippen molar-refractivity contribution in [3.63, 3.8) is 0 Å². The summed E-state index contributed by atoms with van der Waals surface area (Å²) in [6.07, 6.45) is 0.926. The zero-order chi connectivity index (χ0) is 14.8. The lowest BCUT2D eigenvalue weighted by Crippen LogP contribution is -2.51. The molecule has 0 unspecified atom stereocenters. The van der Waals surface area contributed by atoms with Crippen molar-refractivity contribution in [2.75, 3.05) is 32.8 Å². The van der Waals surface area contributed by atoms with Gasteiger partial charge in [-0.1, -0.05) is 6.07 Å². The lowest BCUT2D eigenvalue weighted by molar-refractivity contribution is 0.0510. The number of hydrogen-bond acceptors (Lipinski definition) is 4. The summed E-state index contributed by atoms with van der Waals surface area (Å²) in [5, 5.41) is 12.5. The predicted octanol–water partition coefficient (Wildman–Crippen LogP) is 1.74. The quantitative estimate of drug-likeness (QED) is 0.855. The summed E-state index contributed by atoms with van der Waals surface area (Å²) < 4.78 is 19.7. The molecular weight excluding hydrogens is 269 g/mol. The highest BCUT2D eigenvalue weighted by Crippen LogP contribution is 2.29. The van der Waals surface area contributed by atoms with Crippen LogP contribution < -0.4 is 5.32 Å². The summed E-state index contributed by atoms with van der Waals surface area (Å²) in [6, 6.07) is 5.62. The topological polar surface area (TPSA) is 48.3 Å². The summed E-state index contributed by atoms with van der Waals surface area (Å²) in [7, 11) is 0. The predicted molar refractivity (Wildman–Crippen MR) is 77.4 cm³/mol. The molecule has 5 heteroatoms. The number of rotatable bonds is 1. The van der Waals surface area contributed by atoms with Crippen LogP contribution >= 0.6 is 0 Å². The summed E-state index contributed by atoms with van der Waals surface area (Å²) in [5.74, 6) is -0.451. The van der Waals surface area contributed by atoms with Crippen LogP contribution in [0.15, 0.2) is 12.1 Å². The molecule has 3 rings (SSSR count). The Kier molecular flexibility index (Phi) is 4.20. The van der Waals surface area contributed by atoms with Crippen LogP contribution in [0.5, 0.6) is 0 Å². The van der Waals surface area contributed by atoms with E-state index in [4.69, 9.17) is 10.00 Å². The molecule has 1 aromatic carbocycles. The smallest absolute Gasteiger partial charge is 0.141 e. The Bertz CT molecular complexity index is 569. The zero-order valence-corrected chi connectivity index (χ0v) is 12.2. The van der Waals surface area contributed by atoms with E-state index in [-0.39, 0.29) is 11.7 Å². The van der Waals surface area contributed by atoms with Gasteiger partial charge in [0.05, 0.1) is 11.7 Å². The van der Waals surface area contributed by atoms with Crippen LogP contribution in [-0.4, -0.2) is 43.7 Å². The van der Waals surface area contributed by atoms with E-state index in [1.165, 1.54) is 6.07 Å². The van der Waals surface area contributed by atoms with Crippen LogP contribution in [0.2, 0.25) is 0 Å². The Morgan fingerprint density at radius 1 is 1.48 bits per heavy atom. The van der Waals surface area contributed by atoms with Crippen molar-refractivity contribution < 1.29 is 9.13 Å².